The number of fused-ring (bicyclic) bond motifs is 1. The molecule has 0 bridgehead atoms. The summed E-state index contributed by atoms with van der Waals surface area (Å²) in [5.74, 6) is 0.381. The Hall–Kier alpha value is -3.52. The Kier molecular flexibility index (Phi) is 7.13. The van der Waals surface area contributed by atoms with Gasteiger partial charge < -0.3 is 15.0 Å². The summed E-state index contributed by atoms with van der Waals surface area (Å²) in [5, 5.41) is 1.68. The summed E-state index contributed by atoms with van der Waals surface area (Å²) < 4.78 is 7.39. The molecule has 0 radical (unpaired) electrons. The summed E-state index contributed by atoms with van der Waals surface area (Å²) in [5.41, 5.74) is 8.04. The smallest absolute Gasteiger partial charge is 0.267 e. The fourth-order valence-corrected chi connectivity index (χ4v) is 6.00. The van der Waals surface area contributed by atoms with Gasteiger partial charge in [-0.15, -0.1) is 0 Å². The lowest BCUT2D eigenvalue weighted by Crippen LogP contribution is -2.40. The molecule has 7 nitrogen and oxygen atoms in total. The van der Waals surface area contributed by atoms with Gasteiger partial charge in [0.15, 0.2) is 5.17 Å². The normalized spacial score (nSPS) is 19.0. The second-order valence-electron chi connectivity index (χ2n) is 9.09. The Morgan fingerprint density at radius 3 is 2.61 bits per heavy atom. The van der Waals surface area contributed by atoms with Gasteiger partial charge in [-0.05, 0) is 67.9 Å². The standard InChI is InChI=1S/C28H30N4O3S/c1-2-35-22-14-12-20(13-15-22)30-28-32(21-8-4-3-5-9-21)27(34)25(36-28)16-19-17-31(18-26(29)33)24-11-7-6-10-23(19)24/h6-7,10-17,21H,2-5,8-9,18H2,1H3,(H2,29,33)/b25-16-,30-28?. The van der Waals surface area contributed by atoms with E-state index in [1.54, 1.807) is 0 Å². The molecule has 1 saturated carbocycles. The van der Waals surface area contributed by atoms with E-state index in [1.165, 1.54) is 18.2 Å². The van der Waals surface area contributed by atoms with Crippen molar-refractivity contribution in [3.8, 4) is 5.75 Å². The highest BCUT2D eigenvalue weighted by Crippen LogP contribution is 2.39. The third-order valence-corrected chi connectivity index (χ3v) is 7.56. The maximum atomic E-state index is 13.7. The molecule has 186 valence electrons. The Bertz CT molecular complexity index is 1340. The van der Waals surface area contributed by atoms with Crippen molar-refractivity contribution in [3.63, 3.8) is 0 Å². The second-order valence-corrected chi connectivity index (χ2v) is 10.1. The van der Waals surface area contributed by atoms with Crippen LogP contribution in [0.3, 0.4) is 0 Å². The molecule has 2 aromatic carbocycles. The summed E-state index contributed by atoms with van der Waals surface area (Å²) in [6.07, 6.45) is 9.23. The van der Waals surface area contributed by atoms with Crippen LogP contribution >= 0.6 is 11.8 Å². The molecule has 2 heterocycles. The lowest BCUT2D eigenvalue weighted by Gasteiger charge is -2.30. The highest BCUT2D eigenvalue weighted by Gasteiger charge is 2.38. The van der Waals surface area contributed by atoms with Crippen LogP contribution < -0.4 is 10.5 Å². The summed E-state index contributed by atoms with van der Waals surface area (Å²) in [4.78, 5) is 32.7. The van der Waals surface area contributed by atoms with E-state index >= 15 is 0 Å². The third-order valence-electron chi connectivity index (χ3n) is 6.58. The van der Waals surface area contributed by atoms with Crippen molar-refractivity contribution in [2.45, 2.75) is 51.6 Å². The molecule has 3 aromatic rings. The van der Waals surface area contributed by atoms with Crippen LogP contribution in [0.25, 0.3) is 17.0 Å². The van der Waals surface area contributed by atoms with Crippen LogP contribution in [-0.4, -0.2) is 39.1 Å². The largest absolute Gasteiger partial charge is 0.494 e. The van der Waals surface area contributed by atoms with Gasteiger partial charge >= 0.3 is 0 Å². The molecule has 0 spiro atoms. The number of thioether (sulfide) groups is 1. The quantitative estimate of drug-likeness (QED) is 0.434. The highest BCUT2D eigenvalue weighted by molar-refractivity contribution is 8.18. The maximum Gasteiger partial charge on any atom is 0.267 e. The zero-order valence-corrected chi connectivity index (χ0v) is 21.2. The number of para-hydroxylation sites is 1. The van der Waals surface area contributed by atoms with Crippen LogP contribution in [0.4, 0.5) is 5.69 Å². The minimum Gasteiger partial charge on any atom is -0.494 e. The Labute approximate surface area is 215 Å². The fraction of sp³-hybridized carbons (Fsp3) is 0.321. The zero-order chi connectivity index (χ0) is 25.1. The number of carbonyl (C=O) groups is 2. The predicted molar refractivity (Wildman–Crippen MR) is 145 cm³/mol. The van der Waals surface area contributed by atoms with Gasteiger partial charge in [0, 0.05) is 28.7 Å². The van der Waals surface area contributed by atoms with Gasteiger partial charge in [-0.3, -0.25) is 14.5 Å². The van der Waals surface area contributed by atoms with Crippen molar-refractivity contribution in [1.29, 1.82) is 0 Å². The van der Waals surface area contributed by atoms with Crippen molar-refractivity contribution >= 4 is 51.4 Å². The average Bonchev–Trinajstić information content (AvgIpc) is 3.37. The Morgan fingerprint density at radius 1 is 1.14 bits per heavy atom. The minimum atomic E-state index is -0.408. The lowest BCUT2D eigenvalue weighted by molar-refractivity contribution is -0.124. The topological polar surface area (TPSA) is 89.9 Å². The first-order valence-corrected chi connectivity index (χ1v) is 13.3. The van der Waals surface area contributed by atoms with E-state index in [-0.39, 0.29) is 18.5 Å². The van der Waals surface area contributed by atoms with Gasteiger partial charge in [0.1, 0.15) is 12.3 Å². The molecule has 0 atom stereocenters. The number of carbonyl (C=O) groups excluding carboxylic acids is 2. The number of amides is 2. The van der Waals surface area contributed by atoms with Crippen molar-refractivity contribution in [2.24, 2.45) is 10.7 Å². The lowest BCUT2D eigenvalue weighted by atomic mass is 9.94. The van der Waals surface area contributed by atoms with E-state index < -0.39 is 5.91 Å². The number of primary amides is 1. The monoisotopic (exact) mass is 502 g/mol. The van der Waals surface area contributed by atoms with Crippen LogP contribution in [0.1, 0.15) is 44.6 Å². The van der Waals surface area contributed by atoms with E-state index in [4.69, 9.17) is 15.5 Å². The first kappa shape index (κ1) is 24.2. The molecule has 36 heavy (non-hydrogen) atoms. The second kappa shape index (κ2) is 10.6. The van der Waals surface area contributed by atoms with Crippen molar-refractivity contribution in [1.82, 2.24) is 9.47 Å². The average molecular weight is 503 g/mol. The Morgan fingerprint density at radius 2 is 1.89 bits per heavy atom. The van der Waals surface area contributed by atoms with Gasteiger partial charge in [0.25, 0.3) is 5.91 Å². The number of ether oxygens (including phenoxy) is 1. The number of hydrogen-bond acceptors (Lipinski definition) is 5. The van der Waals surface area contributed by atoms with Crippen LogP contribution in [0.5, 0.6) is 5.75 Å². The van der Waals surface area contributed by atoms with E-state index in [0.717, 1.165) is 53.6 Å². The van der Waals surface area contributed by atoms with E-state index in [2.05, 4.69) is 0 Å². The molecular formula is C28H30N4O3S. The van der Waals surface area contributed by atoms with Crippen molar-refractivity contribution < 1.29 is 14.3 Å². The molecule has 8 heteroatoms. The number of rotatable bonds is 7. The van der Waals surface area contributed by atoms with Crippen LogP contribution in [0, 0.1) is 0 Å². The fourth-order valence-electron chi connectivity index (χ4n) is 4.95. The first-order valence-electron chi connectivity index (χ1n) is 12.4. The van der Waals surface area contributed by atoms with Gasteiger partial charge in [0.05, 0.1) is 17.2 Å². The predicted octanol–water partition coefficient (Wildman–Crippen LogP) is 5.46. The van der Waals surface area contributed by atoms with Gasteiger partial charge in [-0.1, -0.05) is 37.5 Å². The van der Waals surface area contributed by atoms with Crippen LogP contribution in [-0.2, 0) is 16.1 Å². The molecule has 2 fully saturated rings. The summed E-state index contributed by atoms with van der Waals surface area (Å²) in [6, 6.07) is 15.6. The summed E-state index contributed by atoms with van der Waals surface area (Å²) in [6.45, 7) is 2.65. The number of hydrogen-bond donors (Lipinski definition) is 1. The van der Waals surface area contributed by atoms with Gasteiger partial charge in [-0.2, -0.15) is 0 Å². The molecule has 0 unspecified atom stereocenters. The Balaban J connectivity index is 1.52. The first-order chi connectivity index (χ1) is 17.5. The zero-order valence-electron chi connectivity index (χ0n) is 20.4. The van der Waals surface area contributed by atoms with Crippen LogP contribution in [0.2, 0.25) is 0 Å². The molecule has 5 rings (SSSR count). The number of aromatic nitrogens is 1. The molecule has 2 N–H and O–H groups in total. The van der Waals surface area contributed by atoms with Gasteiger partial charge in [0.2, 0.25) is 5.91 Å². The molecule has 2 amide bonds. The number of nitrogens with zero attached hydrogens (tertiary/aromatic N) is 3. The summed E-state index contributed by atoms with van der Waals surface area (Å²) in [7, 11) is 0. The van der Waals surface area contributed by atoms with E-state index in [0.29, 0.717) is 16.7 Å². The number of benzene rings is 2. The van der Waals surface area contributed by atoms with Crippen molar-refractivity contribution in [3.05, 3.63) is 65.2 Å². The summed E-state index contributed by atoms with van der Waals surface area (Å²) >= 11 is 1.41. The molecule has 1 aliphatic heterocycles. The SMILES string of the molecule is CCOc1ccc(N=C2S/C(=C\c3cn(CC(N)=O)c4ccccc34)C(=O)N2C2CCCCC2)cc1. The van der Waals surface area contributed by atoms with E-state index in [9.17, 15) is 9.59 Å². The molecule has 1 saturated heterocycles. The maximum absolute atomic E-state index is 13.7. The molecule has 2 aliphatic rings. The molecule has 1 aliphatic carbocycles. The highest BCUT2D eigenvalue weighted by atomic mass is 32.2. The van der Waals surface area contributed by atoms with Crippen molar-refractivity contribution in [2.75, 3.05) is 6.61 Å². The molecular weight excluding hydrogens is 472 g/mol. The molecule has 1 aromatic heterocycles. The minimum absolute atomic E-state index is 0.0108. The van der Waals surface area contributed by atoms with Crippen LogP contribution in [0.15, 0.2) is 64.6 Å². The van der Waals surface area contributed by atoms with E-state index in [1.807, 2.05) is 77.2 Å². The number of amidine groups is 1. The van der Waals surface area contributed by atoms with Gasteiger partial charge in [-0.25, -0.2) is 4.99 Å². The third kappa shape index (κ3) is 5.04. The number of nitrogens with two attached hydrogens (primary N) is 1. The number of aliphatic imine (C=N–C) groups is 1.